The Morgan fingerprint density at radius 3 is 2.22 bits per heavy atom. The Bertz CT molecular complexity index is 209. The van der Waals surface area contributed by atoms with E-state index in [4.69, 9.17) is 0 Å². The van der Waals surface area contributed by atoms with Gasteiger partial charge in [-0.3, -0.25) is 0 Å². The summed E-state index contributed by atoms with van der Waals surface area (Å²) in [5.41, 5.74) is 0. The summed E-state index contributed by atoms with van der Waals surface area (Å²) in [6, 6.07) is 2.17. The second-order valence-corrected chi connectivity index (χ2v) is 6.29. The van der Waals surface area contributed by atoms with Crippen molar-refractivity contribution in [2.24, 2.45) is 5.92 Å². The fourth-order valence-electron chi connectivity index (χ4n) is 3.43. The van der Waals surface area contributed by atoms with Crippen LogP contribution in [-0.2, 0) is 0 Å². The summed E-state index contributed by atoms with van der Waals surface area (Å²) in [4.78, 5) is 2.64. The van der Waals surface area contributed by atoms with E-state index in [9.17, 15) is 0 Å². The summed E-state index contributed by atoms with van der Waals surface area (Å²) in [6.45, 7) is 10.3. The Kier molecular flexibility index (Phi) is 7.25. The highest BCUT2D eigenvalue weighted by Crippen LogP contribution is 2.30. The molecule has 108 valence electrons. The Morgan fingerprint density at radius 2 is 1.72 bits per heavy atom. The predicted octanol–water partition coefficient (Wildman–Crippen LogP) is 3.66. The molecule has 18 heavy (non-hydrogen) atoms. The molecule has 1 saturated carbocycles. The summed E-state index contributed by atoms with van der Waals surface area (Å²) < 4.78 is 0. The maximum atomic E-state index is 3.52. The maximum Gasteiger partial charge on any atom is 0.00952 e. The SMILES string of the molecule is CCNC(C)CC(C)N(C)C1CCC(CC)CC1. The topological polar surface area (TPSA) is 15.3 Å². The molecule has 0 saturated heterocycles. The van der Waals surface area contributed by atoms with E-state index in [1.807, 2.05) is 0 Å². The molecule has 0 aliphatic heterocycles. The Morgan fingerprint density at radius 1 is 1.11 bits per heavy atom. The highest BCUT2D eigenvalue weighted by molar-refractivity contribution is 4.81. The van der Waals surface area contributed by atoms with Crippen molar-refractivity contribution in [1.29, 1.82) is 0 Å². The van der Waals surface area contributed by atoms with Gasteiger partial charge in [0.25, 0.3) is 0 Å². The highest BCUT2D eigenvalue weighted by atomic mass is 15.2. The largest absolute Gasteiger partial charge is 0.314 e. The quantitative estimate of drug-likeness (QED) is 0.746. The first-order valence-electron chi connectivity index (χ1n) is 8.03. The van der Waals surface area contributed by atoms with Gasteiger partial charge in [0.1, 0.15) is 0 Å². The van der Waals surface area contributed by atoms with Crippen LogP contribution < -0.4 is 5.32 Å². The summed E-state index contributed by atoms with van der Waals surface area (Å²) in [5.74, 6) is 1.01. The van der Waals surface area contributed by atoms with Crippen molar-refractivity contribution >= 4 is 0 Å². The molecule has 1 rings (SSSR count). The molecule has 0 amide bonds. The van der Waals surface area contributed by atoms with Gasteiger partial charge in [0.2, 0.25) is 0 Å². The van der Waals surface area contributed by atoms with E-state index in [1.54, 1.807) is 0 Å². The van der Waals surface area contributed by atoms with Gasteiger partial charge in [0.15, 0.2) is 0 Å². The molecule has 1 aliphatic rings. The standard InChI is InChI=1S/C16H34N2/c1-6-15-8-10-16(11-9-15)18(5)14(4)12-13(3)17-7-2/h13-17H,6-12H2,1-5H3. The fourth-order valence-corrected chi connectivity index (χ4v) is 3.43. The van der Waals surface area contributed by atoms with Crippen molar-refractivity contribution < 1.29 is 0 Å². The number of hydrogen-bond acceptors (Lipinski definition) is 2. The van der Waals surface area contributed by atoms with Crippen LogP contribution in [0.4, 0.5) is 0 Å². The van der Waals surface area contributed by atoms with Gasteiger partial charge in [-0.15, -0.1) is 0 Å². The molecule has 1 fully saturated rings. The second kappa shape index (κ2) is 8.16. The Balaban J connectivity index is 2.32. The van der Waals surface area contributed by atoms with Crippen molar-refractivity contribution in [2.75, 3.05) is 13.6 Å². The van der Waals surface area contributed by atoms with E-state index in [0.29, 0.717) is 12.1 Å². The molecule has 0 aromatic heterocycles. The molecular weight excluding hydrogens is 220 g/mol. The monoisotopic (exact) mass is 254 g/mol. The molecule has 1 aliphatic carbocycles. The molecule has 0 aromatic carbocycles. The third-order valence-corrected chi connectivity index (χ3v) is 4.91. The van der Waals surface area contributed by atoms with E-state index >= 15 is 0 Å². The van der Waals surface area contributed by atoms with E-state index < -0.39 is 0 Å². The fraction of sp³-hybridized carbons (Fsp3) is 1.00. The Labute approximate surface area is 115 Å². The average molecular weight is 254 g/mol. The zero-order valence-electron chi connectivity index (χ0n) is 13.2. The molecule has 2 heteroatoms. The van der Waals surface area contributed by atoms with Crippen LogP contribution in [0, 0.1) is 5.92 Å². The lowest BCUT2D eigenvalue weighted by Gasteiger charge is -2.38. The third-order valence-electron chi connectivity index (χ3n) is 4.91. The molecule has 0 aromatic rings. The average Bonchev–Trinajstić information content (AvgIpc) is 2.38. The summed E-state index contributed by atoms with van der Waals surface area (Å²) in [5, 5.41) is 3.52. The van der Waals surface area contributed by atoms with E-state index in [2.05, 4.69) is 45.0 Å². The Hall–Kier alpha value is -0.0800. The van der Waals surface area contributed by atoms with Gasteiger partial charge in [-0.25, -0.2) is 0 Å². The zero-order valence-corrected chi connectivity index (χ0v) is 13.2. The predicted molar refractivity (Wildman–Crippen MR) is 81.0 cm³/mol. The first kappa shape index (κ1) is 16.0. The van der Waals surface area contributed by atoms with Crippen LogP contribution in [0.2, 0.25) is 0 Å². The van der Waals surface area contributed by atoms with Crippen molar-refractivity contribution in [3.05, 3.63) is 0 Å². The van der Waals surface area contributed by atoms with Crippen molar-refractivity contribution in [1.82, 2.24) is 10.2 Å². The molecular formula is C16H34N2. The van der Waals surface area contributed by atoms with Crippen LogP contribution in [0.15, 0.2) is 0 Å². The van der Waals surface area contributed by atoms with Crippen LogP contribution >= 0.6 is 0 Å². The lowest BCUT2D eigenvalue weighted by atomic mass is 9.83. The second-order valence-electron chi connectivity index (χ2n) is 6.29. The number of rotatable bonds is 7. The van der Waals surface area contributed by atoms with Crippen LogP contribution in [0.5, 0.6) is 0 Å². The molecule has 1 N–H and O–H groups in total. The molecule has 2 nitrogen and oxygen atoms in total. The molecule has 0 heterocycles. The van der Waals surface area contributed by atoms with Crippen molar-refractivity contribution in [2.45, 2.75) is 84.3 Å². The minimum absolute atomic E-state index is 0.638. The highest BCUT2D eigenvalue weighted by Gasteiger charge is 2.25. The lowest BCUT2D eigenvalue weighted by Crippen LogP contribution is -2.43. The van der Waals surface area contributed by atoms with Gasteiger partial charge in [-0.05, 0) is 65.5 Å². The number of nitrogens with zero attached hydrogens (tertiary/aromatic N) is 1. The summed E-state index contributed by atoms with van der Waals surface area (Å²) >= 11 is 0. The molecule has 0 bridgehead atoms. The van der Waals surface area contributed by atoms with Gasteiger partial charge in [-0.1, -0.05) is 20.3 Å². The van der Waals surface area contributed by atoms with Gasteiger partial charge in [0.05, 0.1) is 0 Å². The number of nitrogens with one attached hydrogen (secondary N) is 1. The third kappa shape index (κ3) is 4.89. The minimum atomic E-state index is 0.638. The van der Waals surface area contributed by atoms with Crippen LogP contribution in [0.25, 0.3) is 0 Å². The summed E-state index contributed by atoms with van der Waals surface area (Å²) in [7, 11) is 2.33. The van der Waals surface area contributed by atoms with E-state index in [0.717, 1.165) is 18.5 Å². The van der Waals surface area contributed by atoms with Gasteiger partial charge >= 0.3 is 0 Å². The van der Waals surface area contributed by atoms with Crippen LogP contribution in [-0.4, -0.2) is 36.6 Å². The normalized spacial score (nSPS) is 28.3. The lowest BCUT2D eigenvalue weighted by molar-refractivity contribution is 0.117. The summed E-state index contributed by atoms with van der Waals surface area (Å²) in [6.07, 6.45) is 8.35. The molecule has 0 radical (unpaired) electrons. The van der Waals surface area contributed by atoms with Gasteiger partial charge in [-0.2, -0.15) is 0 Å². The maximum absolute atomic E-state index is 3.52. The smallest absolute Gasteiger partial charge is 0.00952 e. The van der Waals surface area contributed by atoms with E-state index in [-0.39, 0.29) is 0 Å². The van der Waals surface area contributed by atoms with Crippen LogP contribution in [0.1, 0.15) is 66.2 Å². The van der Waals surface area contributed by atoms with Crippen LogP contribution in [0.3, 0.4) is 0 Å². The first-order valence-corrected chi connectivity index (χ1v) is 8.03. The molecule has 0 spiro atoms. The zero-order chi connectivity index (χ0) is 13.5. The molecule has 2 atom stereocenters. The number of hydrogen-bond donors (Lipinski definition) is 1. The minimum Gasteiger partial charge on any atom is -0.314 e. The first-order chi connectivity index (χ1) is 8.58. The van der Waals surface area contributed by atoms with Crippen molar-refractivity contribution in [3.63, 3.8) is 0 Å². The molecule has 2 unspecified atom stereocenters. The van der Waals surface area contributed by atoms with Gasteiger partial charge < -0.3 is 10.2 Å². The van der Waals surface area contributed by atoms with Crippen molar-refractivity contribution in [3.8, 4) is 0 Å². The van der Waals surface area contributed by atoms with E-state index in [1.165, 1.54) is 38.5 Å². The van der Waals surface area contributed by atoms with Gasteiger partial charge in [0, 0.05) is 18.1 Å².